The third-order valence-electron chi connectivity index (χ3n) is 1.61. The van der Waals surface area contributed by atoms with Crippen molar-refractivity contribution in [3.8, 4) is 0 Å². The van der Waals surface area contributed by atoms with Crippen LogP contribution >= 0.6 is 27.3 Å². The summed E-state index contributed by atoms with van der Waals surface area (Å²) in [6, 6.07) is 4.57. The molecule has 0 aliphatic rings. The van der Waals surface area contributed by atoms with E-state index in [1.54, 1.807) is 11.3 Å². The normalized spacial score (nSPS) is 13.2. The molecule has 1 atom stereocenters. The Balaban J connectivity index is 2.33. The average Bonchev–Trinajstić information content (AvgIpc) is 2.47. The van der Waals surface area contributed by atoms with Crippen molar-refractivity contribution in [1.82, 2.24) is 5.32 Å². The van der Waals surface area contributed by atoms with E-state index in [9.17, 15) is 0 Å². The molecule has 12 heavy (non-hydrogen) atoms. The monoisotopic (exact) mass is 248 g/mol. The summed E-state index contributed by atoms with van der Waals surface area (Å²) in [5.41, 5.74) is 5.47. The summed E-state index contributed by atoms with van der Waals surface area (Å²) in [5.74, 6) is 0. The molecule has 0 aliphatic heterocycles. The predicted molar refractivity (Wildman–Crippen MR) is 57.4 cm³/mol. The highest BCUT2D eigenvalue weighted by atomic mass is 79.9. The van der Waals surface area contributed by atoms with Gasteiger partial charge in [-0.05, 0) is 35.0 Å². The molecule has 1 aromatic heterocycles. The molecule has 0 aromatic carbocycles. The lowest BCUT2D eigenvalue weighted by Crippen LogP contribution is -2.32. The molecule has 0 amide bonds. The molecule has 2 nitrogen and oxygen atoms in total. The number of halogens is 1. The molecule has 3 N–H and O–H groups in total. The topological polar surface area (TPSA) is 38.0 Å². The van der Waals surface area contributed by atoms with Gasteiger partial charge in [0.25, 0.3) is 0 Å². The Morgan fingerprint density at radius 2 is 2.42 bits per heavy atom. The van der Waals surface area contributed by atoms with Crippen LogP contribution in [0.4, 0.5) is 0 Å². The Morgan fingerprint density at radius 3 is 2.92 bits per heavy atom. The van der Waals surface area contributed by atoms with E-state index in [2.05, 4.69) is 40.3 Å². The van der Waals surface area contributed by atoms with Crippen LogP contribution in [0, 0.1) is 0 Å². The summed E-state index contributed by atoms with van der Waals surface area (Å²) in [6.07, 6.45) is 0. The van der Waals surface area contributed by atoms with Gasteiger partial charge in [-0.2, -0.15) is 0 Å². The molecule has 0 spiro atoms. The molecule has 4 heteroatoms. The van der Waals surface area contributed by atoms with E-state index >= 15 is 0 Å². The molecule has 1 heterocycles. The van der Waals surface area contributed by atoms with Crippen molar-refractivity contribution in [1.29, 1.82) is 0 Å². The van der Waals surface area contributed by atoms with E-state index in [-0.39, 0.29) is 0 Å². The number of nitrogens with one attached hydrogen (secondary N) is 1. The van der Waals surface area contributed by atoms with Crippen LogP contribution in [0.1, 0.15) is 11.8 Å². The van der Waals surface area contributed by atoms with Crippen LogP contribution in [0.2, 0.25) is 0 Å². The summed E-state index contributed by atoms with van der Waals surface area (Å²) in [5, 5.41) is 3.33. The quantitative estimate of drug-likeness (QED) is 0.855. The Labute approximate surface area is 85.3 Å². The Morgan fingerprint density at radius 1 is 1.67 bits per heavy atom. The number of hydrogen-bond acceptors (Lipinski definition) is 3. The van der Waals surface area contributed by atoms with Gasteiger partial charge in [-0.3, -0.25) is 0 Å². The maximum Gasteiger partial charge on any atom is 0.0701 e. The van der Waals surface area contributed by atoms with Crippen LogP contribution in [0.25, 0.3) is 0 Å². The zero-order chi connectivity index (χ0) is 8.97. The van der Waals surface area contributed by atoms with Gasteiger partial charge >= 0.3 is 0 Å². The summed E-state index contributed by atoms with van der Waals surface area (Å²) in [7, 11) is 0. The molecule has 0 saturated heterocycles. The van der Waals surface area contributed by atoms with Crippen LogP contribution < -0.4 is 11.1 Å². The zero-order valence-corrected chi connectivity index (χ0v) is 9.41. The molecular formula is C8H13BrN2S. The van der Waals surface area contributed by atoms with Gasteiger partial charge < -0.3 is 11.1 Å². The van der Waals surface area contributed by atoms with E-state index in [0.717, 1.165) is 6.54 Å². The number of nitrogens with two attached hydrogens (primary N) is 1. The first-order valence-corrected chi connectivity index (χ1v) is 5.51. The van der Waals surface area contributed by atoms with Crippen molar-refractivity contribution in [2.24, 2.45) is 5.73 Å². The van der Waals surface area contributed by atoms with E-state index in [0.29, 0.717) is 12.6 Å². The average molecular weight is 249 g/mol. The first kappa shape index (κ1) is 10.2. The van der Waals surface area contributed by atoms with E-state index in [4.69, 9.17) is 5.73 Å². The van der Waals surface area contributed by atoms with Crippen LogP contribution in [0.3, 0.4) is 0 Å². The van der Waals surface area contributed by atoms with Gasteiger partial charge in [0.1, 0.15) is 0 Å². The third kappa shape index (κ3) is 3.23. The van der Waals surface area contributed by atoms with E-state index in [1.807, 2.05) is 0 Å². The Bertz CT molecular complexity index is 237. The van der Waals surface area contributed by atoms with Gasteiger partial charge in [0, 0.05) is 24.0 Å². The van der Waals surface area contributed by atoms with Crippen LogP contribution in [0.15, 0.2) is 15.9 Å². The lowest BCUT2D eigenvalue weighted by Gasteiger charge is -2.08. The van der Waals surface area contributed by atoms with Crippen LogP contribution in [0.5, 0.6) is 0 Å². The van der Waals surface area contributed by atoms with Gasteiger partial charge in [-0.25, -0.2) is 0 Å². The number of thiophene rings is 1. The van der Waals surface area contributed by atoms with Gasteiger partial charge in [-0.15, -0.1) is 11.3 Å². The smallest absolute Gasteiger partial charge is 0.0701 e. The first-order valence-electron chi connectivity index (χ1n) is 3.90. The maximum atomic E-state index is 5.47. The minimum absolute atomic E-state index is 0.394. The molecule has 0 unspecified atom stereocenters. The number of hydrogen-bond donors (Lipinski definition) is 2. The molecule has 1 rings (SSSR count). The highest BCUT2D eigenvalue weighted by Gasteiger charge is 2.00. The summed E-state index contributed by atoms with van der Waals surface area (Å²) >= 11 is 5.18. The van der Waals surface area contributed by atoms with Crippen molar-refractivity contribution in [2.45, 2.75) is 19.5 Å². The molecular weight excluding hydrogens is 236 g/mol. The molecule has 68 valence electrons. The highest BCUT2D eigenvalue weighted by molar-refractivity contribution is 9.11. The second kappa shape index (κ2) is 4.97. The zero-order valence-electron chi connectivity index (χ0n) is 7.01. The van der Waals surface area contributed by atoms with Crippen LogP contribution in [-0.4, -0.2) is 12.6 Å². The maximum absolute atomic E-state index is 5.47. The first-order chi connectivity index (χ1) is 5.72. The summed E-state index contributed by atoms with van der Waals surface area (Å²) in [4.78, 5) is 1.34. The second-order valence-electron chi connectivity index (χ2n) is 2.72. The lowest BCUT2D eigenvalue weighted by atomic mass is 10.3. The second-order valence-corrected chi connectivity index (χ2v) is 5.27. The minimum Gasteiger partial charge on any atom is -0.329 e. The van der Waals surface area contributed by atoms with Crippen LogP contribution in [-0.2, 0) is 6.54 Å². The van der Waals surface area contributed by atoms with Gasteiger partial charge in [0.2, 0.25) is 0 Å². The largest absolute Gasteiger partial charge is 0.329 e. The van der Waals surface area contributed by atoms with Crippen molar-refractivity contribution in [3.05, 3.63) is 20.8 Å². The summed E-state index contributed by atoms with van der Waals surface area (Å²) < 4.78 is 1.18. The predicted octanol–water partition coefficient (Wildman–Crippen LogP) is 1.95. The lowest BCUT2D eigenvalue weighted by molar-refractivity contribution is 0.560. The highest BCUT2D eigenvalue weighted by Crippen LogP contribution is 2.21. The molecule has 1 aromatic rings. The fraction of sp³-hybridized carbons (Fsp3) is 0.500. The third-order valence-corrected chi connectivity index (χ3v) is 3.23. The Kier molecular flexibility index (Phi) is 4.21. The van der Waals surface area contributed by atoms with Gasteiger partial charge in [0.15, 0.2) is 0 Å². The summed E-state index contributed by atoms with van der Waals surface area (Å²) in [6.45, 7) is 3.68. The molecule has 0 fully saturated rings. The van der Waals surface area contributed by atoms with Crippen molar-refractivity contribution < 1.29 is 0 Å². The number of rotatable bonds is 4. The van der Waals surface area contributed by atoms with E-state index < -0.39 is 0 Å². The Hall–Kier alpha value is 0.1000. The molecule has 0 bridgehead atoms. The van der Waals surface area contributed by atoms with Gasteiger partial charge in [-0.1, -0.05) is 0 Å². The van der Waals surface area contributed by atoms with Crippen molar-refractivity contribution >= 4 is 27.3 Å². The SMILES string of the molecule is C[C@H](CN)NCc1ccc(Br)s1. The fourth-order valence-electron chi connectivity index (χ4n) is 0.805. The fourth-order valence-corrected chi connectivity index (χ4v) is 2.24. The van der Waals surface area contributed by atoms with Crippen molar-refractivity contribution in [2.75, 3.05) is 6.54 Å². The van der Waals surface area contributed by atoms with Crippen molar-refractivity contribution in [3.63, 3.8) is 0 Å². The van der Waals surface area contributed by atoms with Gasteiger partial charge in [0.05, 0.1) is 3.79 Å². The molecule has 0 aliphatic carbocycles. The van der Waals surface area contributed by atoms with E-state index in [1.165, 1.54) is 8.66 Å². The minimum atomic E-state index is 0.394. The molecule has 0 radical (unpaired) electrons. The standard InChI is InChI=1S/C8H13BrN2S/c1-6(4-10)11-5-7-2-3-8(9)12-7/h2-3,6,11H,4-5,10H2,1H3/t6-/m1/s1. The molecule has 0 saturated carbocycles.